The van der Waals surface area contributed by atoms with Crippen LogP contribution in [0.25, 0.3) is 0 Å². The second-order valence-electron chi connectivity index (χ2n) is 5.02. The van der Waals surface area contributed by atoms with Crippen LogP contribution in [-0.4, -0.2) is 16.1 Å². The van der Waals surface area contributed by atoms with Crippen LogP contribution in [0.1, 0.15) is 49.2 Å². The van der Waals surface area contributed by atoms with Gasteiger partial charge in [0.15, 0.2) is 0 Å². The summed E-state index contributed by atoms with van der Waals surface area (Å²) in [6.45, 7) is 8.44. The number of carbonyl (C=O) groups is 1. The minimum Gasteiger partial charge on any atom is -0.481 e. The molecule has 1 aromatic rings. The van der Waals surface area contributed by atoms with Gasteiger partial charge in [0.2, 0.25) is 0 Å². The zero-order chi connectivity index (χ0) is 12.3. The summed E-state index contributed by atoms with van der Waals surface area (Å²) in [6, 6.07) is 0. The fraction of sp³-hybridized carbons (Fsp3) is 0.667. The Morgan fingerprint density at radius 3 is 2.50 bits per heavy atom. The van der Waals surface area contributed by atoms with Gasteiger partial charge in [0.05, 0.1) is 10.7 Å². The van der Waals surface area contributed by atoms with Gasteiger partial charge in [-0.25, -0.2) is 4.98 Å². The number of hydrogen-bond donors (Lipinski definition) is 1. The molecule has 1 N–H and O–H groups in total. The Labute approximate surface area is 101 Å². The standard InChI is InChI=1S/C12H19NO2S/c1-8-9(6-5-7-10(14)15)16-11(13-8)12(2,3)4/h5-7H2,1-4H3,(H,14,15). The van der Waals surface area contributed by atoms with E-state index in [1.54, 1.807) is 11.3 Å². The molecule has 0 aromatic carbocycles. The van der Waals surface area contributed by atoms with Crippen molar-refractivity contribution >= 4 is 17.3 Å². The lowest BCUT2D eigenvalue weighted by molar-refractivity contribution is -0.137. The van der Waals surface area contributed by atoms with E-state index < -0.39 is 5.97 Å². The maximum Gasteiger partial charge on any atom is 0.303 e. The van der Waals surface area contributed by atoms with Gasteiger partial charge in [0.25, 0.3) is 0 Å². The molecule has 4 heteroatoms. The maximum atomic E-state index is 10.4. The fourth-order valence-corrected chi connectivity index (χ4v) is 2.54. The van der Waals surface area contributed by atoms with Crippen molar-refractivity contribution in [2.45, 2.75) is 52.4 Å². The highest BCUT2D eigenvalue weighted by Crippen LogP contribution is 2.29. The summed E-state index contributed by atoms with van der Waals surface area (Å²) in [4.78, 5) is 16.2. The van der Waals surface area contributed by atoms with E-state index in [4.69, 9.17) is 5.11 Å². The minimum absolute atomic E-state index is 0.0838. The van der Waals surface area contributed by atoms with Crippen LogP contribution in [0.15, 0.2) is 0 Å². The van der Waals surface area contributed by atoms with E-state index in [0.29, 0.717) is 6.42 Å². The second-order valence-corrected chi connectivity index (χ2v) is 6.11. The van der Waals surface area contributed by atoms with Crippen LogP contribution in [0.5, 0.6) is 0 Å². The molecule has 0 aliphatic heterocycles. The molecule has 0 spiro atoms. The molecule has 1 heterocycles. The highest BCUT2D eigenvalue weighted by atomic mass is 32.1. The lowest BCUT2D eigenvalue weighted by Crippen LogP contribution is -2.10. The number of nitrogens with zero attached hydrogens (tertiary/aromatic N) is 1. The highest BCUT2D eigenvalue weighted by molar-refractivity contribution is 7.11. The summed E-state index contributed by atoms with van der Waals surface area (Å²) < 4.78 is 0. The SMILES string of the molecule is Cc1nc(C(C)(C)C)sc1CCCC(=O)O. The third-order valence-corrected chi connectivity index (χ3v) is 3.97. The van der Waals surface area contributed by atoms with Gasteiger partial charge in [-0.2, -0.15) is 0 Å². The van der Waals surface area contributed by atoms with Crippen LogP contribution in [0.4, 0.5) is 0 Å². The van der Waals surface area contributed by atoms with Gasteiger partial charge in [-0.15, -0.1) is 11.3 Å². The first-order valence-electron chi connectivity index (χ1n) is 5.49. The van der Waals surface area contributed by atoms with Crippen LogP contribution < -0.4 is 0 Å². The van der Waals surface area contributed by atoms with Crippen LogP contribution >= 0.6 is 11.3 Å². The summed E-state index contributed by atoms with van der Waals surface area (Å²) in [6.07, 6.45) is 1.76. The first kappa shape index (κ1) is 13.2. The Balaban J connectivity index is 2.67. The number of carboxylic acid groups (broad SMARTS) is 1. The van der Waals surface area contributed by atoms with Crippen molar-refractivity contribution < 1.29 is 9.90 Å². The predicted molar refractivity (Wildman–Crippen MR) is 66.1 cm³/mol. The average Bonchev–Trinajstić information content (AvgIpc) is 2.46. The second kappa shape index (κ2) is 4.95. The van der Waals surface area contributed by atoms with Crippen LogP contribution in [0.2, 0.25) is 0 Å². The van der Waals surface area contributed by atoms with E-state index >= 15 is 0 Å². The number of aromatic nitrogens is 1. The first-order valence-corrected chi connectivity index (χ1v) is 6.31. The van der Waals surface area contributed by atoms with Gasteiger partial charge in [0.1, 0.15) is 0 Å². The zero-order valence-corrected chi connectivity index (χ0v) is 11.1. The third-order valence-electron chi connectivity index (χ3n) is 2.33. The van der Waals surface area contributed by atoms with E-state index in [1.807, 2.05) is 6.92 Å². The quantitative estimate of drug-likeness (QED) is 0.881. The summed E-state index contributed by atoms with van der Waals surface area (Å²) in [7, 11) is 0. The van der Waals surface area contributed by atoms with Gasteiger partial charge < -0.3 is 5.11 Å². The molecule has 0 atom stereocenters. The Morgan fingerprint density at radius 2 is 2.06 bits per heavy atom. The highest BCUT2D eigenvalue weighted by Gasteiger charge is 2.19. The van der Waals surface area contributed by atoms with E-state index in [1.165, 1.54) is 4.88 Å². The minimum atomic E-state index is -0.724. The molecule has 0 radical (unpaired) electrons. The van der Waals surface area contributed by atoms with Crippen molar-refractivity contribution in [2.24, 2.45) is 0 Å². The molecule has 0 fully saturated rings. The van der Waals surface area contributed by atoms with Crippen molar-refractivity contribution in [3.05, 3.63) is 15.6 Å². The van der Waals surface area contributed by atoms with Gasteiger partial charge in [-0.3, -0.25) is 4.79 Å². The number of aliphatic carboxylic acids is 1. The van der Waals surface area contributed by atoms with Crippen molar-refractivity contribution in [2.75, 3.05) is 0 Å². The Kier molecular flexibility index (Phi) is 4.08. The van der Waals surface area contributed by atoms with Gasteiger partial charge in [0, 0.05) is 16.7 Å². The fourth-order valence-electron chi connectivity index (χ4n) is 1.38. The maximum absolute atomic E-state index is 10.4. The van der Waals surface area contributed by atoms with Crippen molar-refractivity contribution in [3.63, 3.8) is 0 Å². The van der Waals surface area contributed by atoms with Crippen molar-refractivity contribution in [1.82, 2.24) is 4.98 Å². The van der Waals surface area contributed by atoms with Gasteiger partial charge >= 0.3 is 5.97 Å². The van der Waals surface area contributed by atoms with Gasteiger partial charge in [-0.1, -0.05) is 20.8 Å². The molecule has 0 amide bonds. The molecular weight excluding hydrogens is 222 g/mol. The molecule has 1 aromatic heterocycles. The van der Waals surface area contributed by atoms with Crippen molar-refractivity contribution in [1.29, 1.82) is 0 Å². The molecule has 0 unspecified atom stereocenters. The molecule has 3 nitrogen and oxygen atoms in total. The summed E-state index contributed by atoms with van der Waals surface area (Å²) >= 11 is 1.71. The molecule has 0 aliphatic rings. The predicted octanol–water partition coefficient (Wildman–Crippen LogP) is 3.16. The smallest absolute Gasteiger partial charge is 0.303 e. The topological polar surface area (TPSA) is 50.2 Å². The van der Waals surface area contributed by atoms with E-state index in [9.17, 15) is 4.79 Å². The number of hydrogen-bond acceptors (Lipinski definition) is 3. The molecule has 0 bridgehead atoms. The monoisotopic (exact) mass is 241 g/mol. The number of aryl methyl sites for hydroxylation is 2. The summed E-state index contributed by atoms with van der Waals surface area (Å²) in [5.41, 5.74) is 1.14. The largest absolute Gasteiger partial charge is 0.481 e. The Morgan fingerprint density at radius 1 is 1.44 bits per heavy atom. The number of carboxylic acids is 1. The Hall–Kier alpha value is -0.900. The van der Waals surface area contributed by atoms with Crippen LogP contribution in [0.3, 0.4) is 0 Å². The van der Waals surface area contributed by atoms with Crippen LogP contribution in [0, 0.1) is 6.92 Å². The van der Waals surface area contributed by atoms with Gasteiger partial charge in [-0.05, 0) is 19.8 Å². The lowest BCUT2D eigenvalue weighted by Gasteiger charge is -2.13. The third kappa shape index (κ3) is 3.59. The van der Waals surface area contributed by atoms with E-state index in [-0.39, 0.29) is 11.8 Å². The lowest BCUT2D eigenvalue weighted by atomic mass is 9.98. The zero-order valence-electron chi connectivity index (χ0n) is 10.3. The molecule has 90 valence electrons. The van der Waals surface area contributed by atoms with Crippen LogP contribution in [-0.2, 0) is 16.6 Å². The molecule has 0 saturated carbocycles. The number of rotatable bonds is 4. The first-order chi connectivity index (χ1) is 7.30. The average molecular weight is 241 g/mol. The van der Waals surface area contributed by atoms with Crippen molar-refractivity contribution in [3.8, 4) is 0 Å². The number of thiazole rings is 1. The summed E-state index contributed by atoms with van der Waals surface area (Å²) in [5, 5.41) is 9.72. The molecule has 0 saturated heterocycles. The summed E-state index contributed by atoms with van der Waals surface area (Å²) in [5.74, 6) is -0.724. The Bertz CT molecular complexity index is 377. The molecule has 16 heavy (non-hydrogen) atoms. The van der Waals surface area contributed by atoms with E-state index in [2.05, 4.69) is 25.8 Å². The normalized spacial score (nSPS) is 11.8. The van der Waals surface area contributed by atoms with E-state index in [0.717, 1.165) is 17.1 Å². The molecular formula is C12H19NO2S. The molecule has 1 rings (SSSR count). The molecule has 0 aliphatic carbocycles.